The van der Waals surface area contributed by atoms with Gasteiger partial charge in [0.15, 0.2) is 30.9 Å². The van der Waals surface area contributed by atoms with E-state index in [0.717, 1.165) is 38.5 Å². The van der Waals surface area contributed by atoms with E-state index >= 15 is 0 Å². The van der Waals surface area contributed by atoms with E-state index in [2.05, 4.69) is 20.8 Å². The van der Waals surface area contributed by atoms with E-state index in [4.69, 9.17) is 42.6 Å². The van der Waals surface area contributed by atoms with E-state index in [1.807, 2.05) is 6.92 Å². The second-order valence-electron chi connectivity index (χ2n) is 24.3. The minimum atomic E-state index is -1.85. The quantitative estimate of drug-likeness (QED) is 0.0730. The summed E-state index contributed by atoms with van der Waals surface area (Å²) in [5.41, 5.74) is -0.0673. The van der Waals surface area contributed by atoms with Gasteiger partial charge in [0.2, 0.25) is 0 Å². The molecule has 5 aliphatic heterocycles. The van der Waals surface area contributed by atoms with Gasteiger partial charge in [0.05, 0.1) is 44.7 Å². The lowest BCUT2D eigenvalue weighted by Crippen LogP contribution is -2.67. The Morgan fingerprint density at radius 2 is 1.12 bits per heavy atom. The summed E-state index contributed by atoms with van der Waals surface area (Å²) in [6, 6.07) is 0. The van der Waals surface area contributed by atoms with Crippen LogP contribution in [0.5, 0.6) is 0 Å². The van der Waals surface area contributed by atoms with Gasteiger partial charge in [-0.2, -0.15) is 0 Å². The number of aliphatic hydroxyl groups excluding tert-OH is 13. The number of ether oxygens (including phenoxy) is 9. The molecule has 4 aliphatic carbocycles. The predicted octanol–water partition coefficient (Wildman–Crippen LogP) is -2.93. The highest BCUT2D eigenvalue weighted by Gasteiger charge is 2.68. The zero-order valence-electron chi connectivity index (χ0n) is 43.1. The Morgan fingerprint density at radius 1 is 0.554 bits per heavy atom. The molecule has 4 saturated carbocycles. The SMILES string of the molecule is CC(CC[C@@]1(O)OC2CC3C4CC[C@H]5CC(O[C@@H]6O[C@H](CO)[C@@H](O[C@@H]7O[C@@H](C)[C@H](O)[C@@H](O)[C@H]7O)[C@H](O)[C@H]6O[C@@H]6O[C@@H](CO)[C@H](O)[C@@H](O)[C@H]6O)CC[C@]5(C)C4CC[C@]3(C)C2[C@@H]1C)CO[C@@H]1O[C@H](CO)[C@@H](O)[C@H](O)[C@H]1O. The zero-order chi connectivity index (χ0) is 53.5. The summed E-state index contributed by atoms with van der Waals surface area (Å²) >= 11 is 0. The third kappa shape index (κ3) is 10.3. The van der Waals surface area contributed by atoms with Crippen molar-refractivity contribution >= 4 is 0 Å². The number of hydrogen-bond donors (Lipinski definition) is 14. The minimum absolute atomic E-state index is 0.0231. The fourth-order valence-corrected chi connectivity index (χ4v) is 15.6. The van der Waals surface area contributed by atoms with E-state index in [0.29, 0.717) is 43.4 Å². The first-order chi connectivity index (χ1) is 35.0. The predicted molar refractivity (Wildman–Crippen MR) is 250 cm³/mol. The molecule has 0 radical (unpaired) electrons. The molecule has 9 fully saturated rings. The number of hydrogen-bond acceptors (Lipinski definition) is 23. The van der Waals surface area contributed by atoms with Crippen molar-refractivity contribution in [3.05, 3.63) is 0 Å². The lowest BCUT2D eigenvalue weighted by Gasteiger charge is -2.61. The Hall–Kier alpha value is -0.920. The summed E-state index contributed by atoms with van der Waals surface area (Å²) < 4.78 is 54.5. The van der Waals surface area contributed by atoms with Crippen molar-refractivity contribution in [2.24, 2.45) is 52.3 Å². The maximum atomic E-state index is 12.1. The van der Waals surface area contributed by atoms with Crippen LogP contribution in [-0.4, -0.2) is 239 Å². The van der Waals surface area contributed by atoms with Crippen LogP contribution in [0, 0.1) is 52.3 Å². The Bertz CT molecular complexity index is 1850. The first-order valence-corrected chi connectivity index (χ1v) is 27.2. The van der Waals surface area contributed by atoms with E-state index in [1.165, 1.54) is 6.92 Å². The standard InChI is InChI=1S/C51H86O23/c1-20(19-66-45-39(61)37(59)34(56)29(16-52)69-45)8-13-51(65)21(2)32-28(74-51)15-27-25-7-6-23-14-24(9-11-49(23,4)26(25)10-12-50(27,32)5)68-48-44(73-47-41(63)38(60)35(57)30(17-53)70-47)42(64)43(31(18-54)71-48)72-46-40(62)36(58)33(55)22(3)67-46/h20-48,52-65H,6-19H2,1-5H3/t20?,21-,22-,23-,24?,25?,26?,27?,28?,29+,30-,31+,32?,33-,34+,35-,36+,37-,38+,39+,40+,41+,42-,43+,44+,45+,46-,47-,48+,49-,50-,51+/m0/s1. The normalized spacial score (nSPS) is 56.0. The minimum Gasteiger partial charge on any atom is -0.394 e. The second-order valence-corrected chi connectivity index (χ2v) is 24.3. The third-order valence-electron chi connectivity index (χ3n) is 20.1. The highest BCUT2D eigenvalue weighted by atomic mass is 16.8. The van der Waals surface area contributed by atoms with Crippen molar-refractivity contribution in [3.63, 3.8) is 0 Å². The highest BCUT2D eigenvalue weighted by molar-refractivity contribution is 5.15. The summed E-state index contributed by atoms with van der Waals surface area (Å²) in [6.07, 6.45) is -22.8. The van der Waals surface area contributed by atoms with Crippen LogP contribution in [0.1, 0.15) is 98.8 Å². The van der Waals surface area contributed by atoms with Gasteiger partial charge in [-0.15, -0.1) is 0 Å². The van der Waals surface area contributed by atoms with Crippen molar-refractivity contribution in [1.82, 2.24) is 0 Å². The molecule has 0 bridgehead atoms. The summed E-state index contributed by atoms with van der Waals surface area (Å²) in [7, 11) is 0. The smallest absolute Gasteiger partial charge is 0.187 e. The third-order valence-corrected chi connectivity index (χ3v) is 20.1. The molecule has 5 heterocycles. The second kappa shape index (κ2) is 22.6. The molecule has 5 saturated heterocycles. The molecule has 0 spiro atoms. The first-order valence-electron chi connectivity index (χ1n) is 27.2. The van der Waals surface area contributed by atoms with Crippen molar-refractivity contribution < 1.29 is 114 Å². The topological polar surface area (TPSA) is 366 Å². The van der Waals surface area contributed by atoms with Gasteiger partial charge in [-0.1, -0.05) is 27.7 Å². The fraction of sp³-hybridized carbons (Fsp3) is 1.00. The number of rotatable bonds is 15. The molecule has 0 aromatic heterocycles. The van der Waals surface area contributed by atoms with Gasteiger partial charge in [-0.3, -0.25) is 0 Å². The summed E-state index contributed by atoms with van der Waals surface area (Å²) in [4.78, 5) is 0. The van der Waals surface area contributed by atoms with Gasteiger partial charge in [0.25, 0.3) is 0 Å². The van der Waals surface area contributed by atoms with E-state index in [9.17, 15) is 71.5 Å². The molecular weight excluding hydrogens is 981 g/mol. The van der Waals surface area contributed by atoms with E-state index < -0.39 is 155 Å². The summed E-state index contributed by atoms with van der Waals surface area (Å²) in [6.45, 7) is 8.47. The lowest BCUT2D eigenvalue weighted by molar-refractivity contribution is -0.391. The molecular formula is C51H86O23. The Balaban J connectivity index is 0.835. The summed E-state index contributed by atoms with van der Waals surface area (Å²) in [5.74, 6) is 0.175. The van der Waals surface area contributed by atoms with Crippen LogP contribution < -0.4 is 0 Å². The first kappa shape index (κ1) is 57.8. The van der Waals surface area contributed by atoms with Crippen molar-refractivity contribution in [1.29, 1.82) is 0 Å². The molecule has 32 atom stereocenters. The van der Waals surface area contributed by atoms with Gasteiger partial charge in [-0.25, -0.2) is 0 Å². The molecule has 74 heavy (non-hydrogen) atoms. The average Bonchev–Trinajstić information content (AvgIpc) is 3.82. The van der Waals surface area contributed by atoms with Crippen molar-refractivity contribution in [3.8, 4) is 0 Å². The van der Waals surface area contributed by atoms with Crippen molar-refractivity contribution in [2.75, 3.05) is 26.4 Å². The van der Waals surface area contributed by atoms with Gasteiger partial charge in [-0.05, 0) is 111 Å². The monoisotopic (exact) mass is 1070 g/mol. The molecule has 0 amide bonds. The van der Waals surface area contributed by atoms with Gasteiger partial charge < -0.3 is 114 Å². The maximum absolute atomic E-state index is 12.1. The molecule has 9 aliphatic rings. The Labute approximate surface area is 431 Å². The molecule has 0 aromatic rings. The fourth-order valence-electron chi connectivity index (χ4n) is 15.6. The maximum Gasteiger partial charge on any atom is 0.187 e. The molecule has 23 heteroatoms. The van der Waals surface area contributed by atoms with E-state index in [-0.39, 0.29) is 47.2 Å². The van der Waals surface area contributed by atoms with Gasteiger partial charge in [0, 0.05) is 12.3 Å². The largest absolute Gasteiger partial charge is 0.394 e. The molecule has 9 rings (SSSR count). The van der Waals surface area contributed by atoms with Crippen LogP contribution in [-0.2, 0) is 42.6 Å². The Kier molecular flexibility index (Phi) is 17.6. The van der Waals surface area contributed by atoms with E-state index in [1.54, 1.807) is 0 Å². The molecule has 23 nitrogen and oxygen atoms in total. The molecule has 428 valence electrons. The van der Waals surface area contributed by atoms with Crippen LogP contribution in [0.15, 0.2) is 0 Å². The van der Waals surface area contributed by atoms with Crippen LogP contribution in [0.2, 0.25) is 0 Å². The number of fused-ring (bicyclic) bond motifs is 7. The van der Waals surface area contributed by atoms with Crippen molar-refractivity contribution in [2.45, 2.75) is 240 Å². The number of aliphatic hydroxyl groups is 14. The molecule has 7 unspecified atom stereocenters. The van der Waals surface area contributed by atoms with Gasteiger partial charge in [0.1, 0.15) is 91.6 Å². The summed E-state index contributed by atoms with van der Waals surface area (Å²) in [5, 5.41) is 149. The lowest BCUT2D eigenvalue weighted by atomic mass is 9.44. The zero-order valence-corrected chi connectivity index (χ0v) is 43.1. The Morgan fingerprint density at radius 3 is 1.77 bits per heavy atom. The molecule has 14 N–H and O–H groups in total. The van der Waals surface area contributed by atoms with Crippen LogP contribution in [0.25, 0.3) is 0 Å². The van der Waals surface area contributed by atoms with Gasteiger partial charge >= 0.3 is 0 Å². The average molecular weight is 1070 g/mol. The highest BCUT2D eigenvalue weighted by Crippen LogP contribution is 2.71. The molecule has 0 aromatic carbocycles. The van der Waals surface area contributed by atoms with Crippen LogP contribution in [0.3, 0.4) is 0 Å². The van der Waals surface area contributed by atoms with Crippen LogP contribution >= 0.6 is 0 Å². The van der Waals surface area contributed by atoms with Crippen LogP contribution in [0.4, 0.5) is 0 Å².